The molecule has 2 N–H and O–H groups in total. The highest BCUT2D eigenvalue weighted by molar-refractivity contribution is 5.79. The number of benzene rings is 2. The Morgan fingerprint density at radius 3 is 2.08 bits per heavy atom. The molecule has 0 saturated heterocycles. The van der Waals surface area contributed by atoms with Gasteiger partial charge in [0.25, 0.3) is 5.91 Å². The molecule has 2 aromatic carbocycles. The van der Waals surface area contributed by atoms with Crippen molar-refractivity contribution in [1.29, 1.82) is 0 Å². The molecule has 24 heavy (non-hydrogen) atoms. The maximum absolute atomic E-state index is 13.4. The van der Waals surface area contributed by atoms with Gasteiger partial charge in [-0.3, -0.25) is 15.6 Å². The van der Waals surface area contributed by atoms with Gasteiger partial charge in [-0.15, -0.1) is 0 Å². The standard InChI is InChI=1S/C15H11F5N2O2/c1-7-4-2-3-5-8(7)24-6-9(23)21-22-15-13(19)11(17)10(16)12(18)14(15)20/h2-5,22H,6H2,1H3,(H,21,23). The highest BCUT2D eigenvalue weighted by atomic mass is 19.2. The number of hydrazine groups is 1. The van der Waals surface area contributed by atoms with E-state index in [2.05, 4.69) is 0 Å². The Morgan fingerprint density at radius 2 is 1.50 bits per heavy atom. The molecule has 1 amide bonds. The van der Waals surface area contributed by atoms with Crippen molar-refractivity contribution >= 4 is 11.6 Å². The van der Waals surface area contributed by atoms with Crippen LogP contribution in [0.4, 0.5) is 27.6 Å². The van der Waals surface area contributed by atoms with Crippen molar-refractivity contribution in [2.45, 2.75) is 6.92 Å². The summed E-state index contributed by atoms with van der Waals surface area (Å²) in [6, 6.07) is 6.76. The summed E-state index contributed by atoms with van der Waals surface area (Å²) in [5.74, 6) is -11.2. The summed E-state index contributed by atoms with van der Waals surface area (Å²) in [6.07, 6.45) is 0. The van der Waals surface area contributed by atoms with Gasteiger partial charge in [0, 0.05) is 0 Å². The fourth-order valence-corrected chi connectivity index (χ4v) is 1.74. The summed E-state index contributed by atoms with van der Waals surface area (Å²) in [5, 5.41) is 0. The van der Waals surface area contributed by atoms with Crippen molar-refractivity contribution in [2.24, 2.45) is 0 Å². The van der Waals surface area contributed by atoms with Crippen LogP contribution in [0.3, 0.4) is 0 Å². The van der Waals surface area contributed by atoms with Crippen LogP contribution in [0.25, 0.3) is 0 Å². The Balaban J connectivity index is 2.01. The monoisotopic (exact) mass is 346 g/mol. The zero-order valence-electron chi connectivity index (χ0n) is 12.2. The van der Waals surface area contributed by atoms with Gasteiger partial charge in [-0.25, -0.2) is 22.0 Å². The second-order valence-corrected chi connectivity index (χ2v) is 4.67. The lowest BCUT2D eigenvalue weighted by molar-refractivity contribution is -0.122. The Kier molecular flexibility index (Phi) is 5.22. The summed E-state index contributed by atoms with van der Waals surface area (Å²) < 4.78 is 70.8. The predicted molar refractivity (Wildman–Crippen MR) is 74.7 cm³/mol. The molecule has 0 heterocycles. The Labute approximate surface area is 133 Å². The molecule has 0 unspecified atom stereocenters. The third-order valence-corrected chi connectivity index (χ3v) is 2.99. The molecule has 0 saturated carbocycles. The van der Waals surface area contributed by atoms with Crippen molar-refractivity contribution in [1.82, 2.24) is 5.43 Å². The van der Waals surface area contributed by atoms with Gasteiger partial charge in [0.05, 0.1) is 0 Å². The molecule has 0 atom stereocenters. The van der Waals surface area contributed by atoms with Crippen molar-refractivity contribution in [3.63, 3.8) is 0 Å². The third kappa shape index (κ3) is 3.55. The largest absolute Gasteiger partial charge is 0.483 e. The lowest BCUT2D eigenvalue weighted by Gasteiger charge is -2.13. The summed E-state index contributed by atoms with van der Waals surface area (Å²) in [5.41, 5.74) is 2.84. The topological polar surface area (TPSA) is 50.4 Å². The van der Waals surface area contributed by atoms with E-state index >= 15 is 0 Å². The van der Waals surface area contributed by atoms with Crippen molar-refractivity contribution in [3.05, 3.63) is 58.9 Å². The molecule has 2 rings (SSSR count). The minimum Gasteiger partial charge on any atom is -0.483 e. The van der Waals surface area contributed by atoms with E-state index in [-0.39, 0.29) is 0 Å². The molecule has 9 heteroatoms. The van der Waals surface area contributed by atoms with E-state index in [1.54, 1.807) is 42.0 Å². The maximum Gasteiger partial charge on any atom is 0.276 e. The highest BCUT2D eigenvalue weighted by Crippen LogP contribution is 2.26. The van der Waals surface area contributed by atoms with Crippen LogP contribution in [0.5, 0.6) is 5.75 Å². The molecule has 0 aliphatic carbocycles. The van der Waals surface area contributed by atoms with Crippen LogP contribution in [0.2, 0.25) is 0 Å². The molecule has 0 fully saturated rings. The first kappa shape index (κ1) is 17.5. The quantitative estimate of drug-likeness (QED) is 0.378. The molecule has 0 aromatic heterocycles. The van der Waals surface area contributed by atoms with Gasteiger partial charge in [0.2, 0.25) is 5.82 Å². The number of hydrogen-bond donors (Lipinski definition) is 2. The van der Waals surface area contributed by atoms with E-state index in [1.807, 2.05) is 0 Å². The number of nitrogens with one attached hydrogen (secondary N) is 2. The third-order valence-electron chi connectivity index (χ3n) is 2.99. The van der Waals surface area contributed by atoms with Gasteiger partial charge in [-0.1, -0.05) is 18.2 Å². The first-order chi connectivity index (χ1) is 11.3. The molecular weight excluding hydrogens is 335 g/mol. The molecular formula is C15H11F5N2O2. The summed E-state index contributed by atoms with van der Waals surface area (Å²) in [4.78, 5) is 11.6. The first-order valence-corrected chi connectivity index (χ1v) is 6.57. The van der Waals surface area contributed by atoms with Gasteiger partial charge >= 0.3 is 0 Å². The Hall–Kier alpha value is -2.84. The molecule has 128 valence electrons. The number of carbonyl (C=O) groups excluding carboxylic acids is 1. The normalized spacial score (nSPS) is 10.4. The zero-order chi connectivity index (χ0) is 17.9. The lowest BCUT2D eigenvalue weighted by atomic mass is 10.2. The number of para-hydroxylation sites is 1. The number of hydrogen-bond acceptors (Lipinski definition) is 3. The van der Waals surface area contributed by atoms with E-state index in [0.29, 0.717) is 5.75 Å². The van der Waals surface area contributed by atoms with Gasteiger partial charge in [-0.05, 0) is 18.6 Å². The molecule has 0 spiro atoms. The molecule has 2 aromatic rings. The van der Waals surface area contributed by atoms with Crippen LogP contribution >= 0.6 is 0 Å². The van der Waals surface area contributed by atoms with Crippen molar-refractivity contribution in [3.8, 4) is 5.75 Å². The number of rotatable bonds is 5. The van der Waals surface area contributed by atoms with Gasteiger partial charge in [0.1, 0.15) is 11.4 Å². The van der Waals surface area contributed by atoms with Crippen LogP contribution in [0.15, 0.2) is 24.3 Å². The van der Waals surface area contributed by atoms with Crippen LogP contribution in [0.1, 0.15) is 5.56 Å². The van der Waals surface area contributed by atoms with E-state index in [0.717, 1.165) is 5.56 Å². The zero-order valence-corrected chi connectivity index (χ0v) is 12.2. The van der Waals surface area contributed by atoms with E-state index < -0.39 is 47.3 Å². The minimum absolute atomic E-state index is 0.406. The predicted octanol–water partition coefficient (Wildman–Crippen LogP) is 3.21. The second kappa shape index (κ2) is 7.16. The van der Waals surface area contributed by atoms with Gasteiger partial charge in [0.15, 0.2) is 29.9 Å². The lowest BCUT2D eigenvalue weighted by Crippen LogP contribution is -2.34. The SMILES string of the molecule is Cc1ccccc1OCC(=O)NNc1c(F)c(F)c(F)c(F)c1F. The summed E-state index contributed by atoms with van der Waals surface area (Å²) in [7, 11) is 0. The average Bonchev–Trinajstić information content (AvgIpc) is 2.57. The van der Waals surface area contributed by atoms with E-state index in [1.165, 1.54) is 0 Å². The number of amides is 1. The molecule has 0 radical (unpaired) electrons. The summed E-state index contributed by atoms with van der Waals surface area (Å²) >= 11 is 0. The molecule has 0 bridgehead atoms. The van der Waals surface area contributed by atoms with Gasteiger partial charge in [-0.2, -0.15) is 0 Å². The molecule has 0 aliphatic heterocycles. The fraction of sp³-hybridized carbons (Fsp3) is 0.133. The Morgan fingerprint density at radius 1 is 0.958 bits per heavy atom. The van der Waals surface area contributed by atoms with E-state index in [4.69, 9.17) is 4.74 Å². The molecule has 4 nitrogen and oxygen atoms in total. The summed E-state index contributed by atoms with van der Waals surface area (Å²) in [6.45, 7) is 1.20. The number of anilines is 1. The number of carbonyl (C=O) groups is 1. The van der Waals surface area contributed by atoms with Gasteiger partial charge < -0.3 is 4.74 Å². The number of aryl methyl sites for hydroxylation is 1. The van der Waals surface area contributed by atoms with Crippen LogP contribution in [-0.4, -0.2) is 12.5 Å². The van der Waals surface area contributed by atoms with Crippen molar-refractivity contribution in [2.75, 3.05) is 12.0 Å². The maximum atomic E-state index is 13.4. The smallest absolute Gasteiger partial charge is 0.276 e. The van der Waals surface area contributed by atoms with E-state index in [9.17, 15) is 26.7 Å². The highest BCUT2D eigenvalue weighted by Gasteiger charge is 2.26. The Bertz CT molecular complexity index is 754. The first-order valence-electron chi connectivity index (χ1n) is 6.57. The van der Waals surface area contributed by atoms with Crippen LogP contribution in [0, 0.1) is 36.0 Å². The fourth-order valence-electron chi connectivity index (χ4n) is 1.74. The van der Waals surface area contributed by atoms with Crippen molar-refractivity contribution < 1.29 is 31.5 Å². The average molecular weight is 346 g/mol. The van der Waals surface area contributed by atoms with Crippen LogP contribution < -0.4 is 15.6 Å². The minimum atomic E-state index is -2.29. The van der Waals surface area contributed by atoms with Crippen LogP contribution in [-0.2, 0) is 4.79 Å². The number of ether oxygens (including phenoxy) is 1. The number of halogens is 5. The molecule has 0 aliphatic rings. The second-order valence-electron chi connectivity index (χ2n) is 4.67.